The molecule has 216 valence electrons. The summed E-state index contributed by atoms with van der Waals surface area (Å²) in [5.41, 5.74) is 14.3. The summed E-state index contributed by atoms with van der Waals surface area (Å²) in [4.78, 5) is 7.04. The molecule has 46 heavy (non-hydrogen) atoms. The maximum atomic E-state index is 4.69. The molecule has 1 aliphatic rings. The Morgan fingerprint density at radius 1 is 0.413 bits per heavy atom. The molecular formula is C43H29N3. The quantitative estimate of drug-likeness (QED) is 0.200. The van der Waals surface area contributed by atoms with Crippen molar-refractivity contribution in [3.05, 3.63) is 176 Å². The van der Waals surface area contributed by atoms with E-state index < -0.39 is 0 Å². The van der Waals surface area contributed by atoms with Crippen molar-refractivity contribution in [1.82, 2.24) is 9.55 Å². The van der Waals surface area contributed by atoms with E-state index in [1.165, 1.54) is 49.9 Å². The molecule has 0 aliphatic heterocycles. The van der Waals surface area contributed by atoms with E-state index in [4.69, 9.17) is 0 Å². The summed E-state index contributed by atoms with van der Waals surface area (Å²) in [6, 6.07) is 58.5. The van der Waals surface area contributed by atoms with Crippen LogP contribution in [-0.2, 0) is 0 Å². The molecule has 2 aromatic heterocycles. The van der Waals surface area contributed by atoms with Crippen molar-refractivity contribution >= 4 is 28.0 Å². The topological polar surface area (TPSA) is 21.1 Å². The average Bonchev–Trinajstić information content (AvgIpc) is 3.48. The molecule has 0 saturated heterocycles. The normalized spacial score (nSPS) is 11.5. The molecule has 2 heterocycles. The molecule has 0 saturated carbocycles. The zero-order chi connectivity index (χ0) is 30.5. The maximum Gasteiger partial charge on any atom is 0.137 e. The third kappa shape index (κ3) is 4.25. The number of hydrogen-bond donors (Lipinski definition) is 0. The van der Waals surface area contributed by atoms with Crippen LogP contribution in [0.25, 0.3) is 61.2 Å². The number of rotatable bonds is 5. The third-order valence-corrected chi connectivity index (χ3v) is 9.03. The molecular weight excluding hydrogens is 558 g/mol. The lowest BCUT2D eigenvalue weighted by atomic mass is 9.93. The van der Waals surface area contributed by atoms with Crippen molar-refractivity contribution in [2.75, 3.05) is 4.90 Å². The van der Waals surface area contributed by atoms with Gasteiger partial charge in [-0.05, 0) is 93.5 Å². The minimum absolute atomic E-state index is 0.918. The van der Waals surface area contributed by atoms with Crippen LogP contribution in [0, 0.1) is 0 Å². The van der Waals surface area contributed by atoms with Gasteiger partial charge in [0, 0.05) is 40.4 Å². The lowest BCUT2D eigenvalue weighted by Crippen LogP contribution is -2.10. The molecule has 0 unspecified atom stereocenters. The molecule has 1 aliphatic carbocycles. The van der Waals surface area contributed by atoms with Crippen LogP contribution in [0.1, 0.15) is 0 Å². The fourth-order valence-corrected chi connectivity index (χ4v) is 6.94. The number of para-hydroxylation sites is 1. The first kappa shape index (κ1) is 26.2. The highest BCUT2D eigenvalue weighted by molar-refractivity contribution is 6.14. The van der Waals surface area contributed by atoms with Crippen LogP contribution in [-0.4, -0.2) is 9.55 Å². The summed E-state index contributed by atoms with van der Waals surface area (Å²) in [7, 11) is 0. The lowest BCUT2D eigenvalue weighted by molar-refractivity contribution is 1.04. The number of anilines is 3. The van der Waals surface area contributed by atoms with E-state index in [1.54, 1.807) is 0 Å². The Labute approximate surface area is 268 Å². The van der Waals surface area contributed by atoms with Gasteiger partial charge in [0.1, 0.15) is 5.82 Å². The minimum Gasteiger partial charge on any atom is -0.310 e. The highest BCUT2D eigenvalue weighted by Gasteiger charge is 2.25. The van der Waals surface area contributed by atoms with E-state index in [2.05, 4.69) is 172 Å². The second-order valence-electron chi connectivity index (χ2n) is 11.7. The fraction of sp³-hybridized carbons (Fsp3) is 0. The van der Waals surface area contributed by atoms with Crippen molar-refractivity contribution < 1.29 is 0 Å². The summed E-state index contributed by atoms with van der Waals surface area (Å²) >= 11 is 0. The predicted molar refractivity (Wildman–Crippen MR) is 191 cm³/mol. The van der Waals surface area contributed by atoms with Crippen molar-refractivity contribution in [3.8, 4) is 50.3 Å². The lowest BCUT2D eigenvalue weighted by Gasteiger charge is -2.27. The van der Waals surface area contributed by atoms with Crippen LogP contribution >= 0.6 is 0 Å². The van der Waals surface area contributed by atoms with Gasteiger partial charge in [0.05, 0.1) is 5.52 Å². The highest BCUT2D eigenvalue weighted by atomic mass is 15.1. The average molecular weight is 588 g/mol. The number of nitrogens with zero attached hydrogens (tertiary/aromatic N) is 3. The summed E-state index contributed by atoms with van der Waals surface area (Å²) in [5, 5.41) is 1.25. The van der Waals surface area contributed by atoms with E-state index in [0.29, 0.717) is 0 Å². The second kappa shape index (κ2) is 10.8. The molecule has 0 N–H and O–H groups in total. The van der Waals surface area contributed by atoms with E-state index in [9.17, 15) is 0 Å². The smallest absolute Gasteiger partial charge is 0.137 e. The van der Waals surface area contributed by atoms with Gasteiger partial charge >= 0.3 is 0 Å². The number of hydrogen-bond acceptors (Lipinski definition) is 2. The molecule has 6 aromatic carbocycles. The van der Waals surface area contributed by atoms with Crippen molar-refractivity contribution in [3.63, 3.8) is 0 Å². The second-order valence-corrected chi connectivity index (χ2v) is 11.7. The van der Waals surface area contributed by atoms with E-state index in [0.717, 1.165) is 28.4 Å². The molecule has 3 nitrogen and oxygen atoms in total. The predicted octanol–water partition coefficient (Wildman–Crippen LogP) is 11.5. The Kier molecular flexibility index (Phi) is 6.14. The summed E-state index contributed by atoms with van der Waals surface area (Å²) in [6.07, 6.45) is 4.11. The molecule has 0 atom stereocenters. The standard InChI is InChI=1S/C43H29N3/c1-3-12-30(13-4-1)31-21-23-33(24-22-31)46(32-14-5-2-6-15-32)34-25-26-37-38-18-11-19-41-43(38)40(29-45(41)42-20-9-10-27-44-42)36-17-8-7-16-35(36)39(37)28-34/h1-29H. The van der Waals surface area contributed by atoms with Crippen LogP contribution in [0.15, 0.2) is 176 Å². The van der Waals surface area contributed by atoms with Crippen molar-refractivity contribution in [2.45, 2.75) is 0 Å². The van der Waals surface area contributed by atoms with Gasteiger partial charge < -0.3 is 9.47 Å². The van der Waals surface area contributed by atoms with E-state index in [1.807, 2.05) is 18.3 Å². The molecule has 3 heteroatoms. The number of aromatic nitrogens is 2. The largest absolute Gasteiger partial charge is 0.310 e. The van der Waals surface area contributed by atoms with Gasteiger partial charge in [-0.1, -0.05) is 109 Å². The SMILES string of the molecule is c1ccc(-c2ccc(N(c3ccccc3)c3ccc4c(c3)-c3ccccc3-c3cn(-c5ccccn5)c5cccc-4c35)cc2)cc1. The van der Waals surface area contributed by atoms with Gasteiger partial charge in [-0.25, -0.2) is 4.98 Å². The molecule has 0 spiro atoms. The van der Waals surface area contributed by atoms with Gasteiger partial charge in [0.15, 0.2) is 0 Å². The summed E-state index contributed by atoms with van der Waals surface area (Å²) < 4.78 is 2.22. The number of fused-ring (bicyclic) bond motifs is 5. The van der Waals surface area contributed by atoms with Crippen LogP contribution < -0.4 is 4.90 Å². The monoisotopic (exact) mass is 587 g/mol. The van der Waals surface area contributed by atoms with Crippen LogP contribution in [0.3, 0.4) is 0 Å². The zero-order valence-corrected chi connectivity index (χ0v) is 25.1. The Morgan fingerprint density at radius 2 is 1.02 bits per heavy atom. The van der Waals surface area contributed by atoms with E-state index >= 15 is 0 Å². The fourth-order valence-electron chi connectivity index (χ4n) is 6.94. The number of pyridine rings is 1. The van der Waals surface area contributed by atoms with Gasteiger partial charge in [0.25, 0.3) is 0 Å². The maximum absolute atomic E-state index is 4.69. The van der Waals surface area contributed by atoms with Crippen LogP contribution in [0.5, 0.6) is 0 Å². The molecule has 0 amide bonds. The van der Waals surface area contributed by atoms with Crippen LogP contribution in [0.4, 0.5) is 17.1 Å². The summed E-state index contributed by atoms with van der Waals surface area (Å²) in [5.74, 6) is 0.918. The summed E-state index contributed by atoms with van der Waals surface area (Å²) in [6.45, 7) is 0. The number of benzene rings is 6. The minimum atomic E-state index is 0.918. The molecule has 0 radical (unpaired) electrons. The van der Waals surface area contributed by atoms with Gasteiger partial charge in [-0.3, -0.25) is 0 Å². The van der Waals surface area contributed by atoms with Crippen LogP contribution in [0.2, 0.25) is 0 Å². The molecule has 8 aromatic rings. The first-order chi connectivity index (χ1) is 22.8. The zero-order valence-electron chi connectivity index (χ0n) is 25.1. The Morgan fingerprint density at radius 3 is 1.78 bits per heavy atom. The Hall–Kier alpha value is -6.19. The Balaban J connectivity index is 1.24. The van der Waals surface area contributed by atoms with Gasteiger partial charge in [0.2, 0.25) is 0 Å². The molecule has 0 bridgehead atoms. The van der Waals surface area contributed by atoms with E-state index in [-0.39, 0.29) is 0 Å². The highest BCUT2D eigenvalue weighted by Crippen LogP contribution is 2.50. The van der Waals surface area contributed by atoms with Gasteiger partial charge in [-0.2, -0.15) is 0 Å². The van der Waals surface area contributed by atoms with Gasteiger partial charge in [-0.15, -0.1) is 0 Å². The van der Waals surface area contributed by atoms with Crippen molar-refractivity contribution in [1.29, 1.82) is 0 Å². The molecule has 9 rings (SSSR count). The Bertz CT molecular complexity index is 2340. The van der Waals surface area contributed by atoms with Crippen molar-refractivity contribution in [2.24, 2.45) is 0 Å². The third-order valence-electron chi connectivity index (χ3n) is 9.03. The first-order valence-corrected chi connectivity index (χ1v) is 15.6. The first-order valence-electron chi connectivity index (χ1n) is 15.6. The molecule has 0 fully saturated rings.